The van der Waals surface area contributed by atoms with E-state index < -0.39 is 0 Å². The van der Waals surface area contributed by atoms with E-state index in [1.807, 2.05) is 7.05 Å². The number of aryl methyl sites for hydroxylation is 1. The SMILES string of the molecule is CNC1CCCc2cc(OC)c(OC)cc21. The molecule has 0 aliphatic heterocycles. The molecule has 0 saturated carbocycles. The van der Waals surface area contributed by atoms with E-state index in [9.17, 15) is 0 Å². The number of hydrogen-bond acceptors (Lipinski definition) is 3. The molecule has 2 rings (SSSR count). The Labute approximate surface area is 96.8 Å². The molecule has 3 heteroatoms. The minimum Gasteiger partial charge on any atom is -0.493 e. The quantitative estimate of drug-likeness (QED) is 0.849. The highest BCUT2D eigenvalue weighted by Crippen LogP contribution is 2.37. The maximum absolute atomic E-state index is 5.34. The molecule has 16 heavy (non-hydrogen) atoms. The van der Waals surface area contributed by atoms with E-state index in [1.165, 1.54) is 24.0 Å². The lowest BCUT2D eigenvalue weighted by atomic mass is 9.87. The zero-order valence-electron chi connectivity index (χ0n) is 10.2. The lowest BCUT2D eigenvalue weighted by Gasteiger charge is -2.26. The monoisotopic (exact) mass is 221 g/mol. The van der Waals surface area contributed by atoms with E-state index in [-0.39, 0.29) is 0 Å². The van der Waals surface area contributed by atoms with Crippen molar-refractivity contribution in [3.8, 4) is 11.5 Å². The second-order valence-electron chi connectivity index (χ2n) is 4.14. The summed E-state index contributed by atoms with van der Waals surface area (Å²) in [5.74, 6) is 1.65. The first-order valence-electron chi connectivity index (χ1n) is 5.72. The van der Waals surface area contributed by atoms with Gasteiger partial charge in [0.15, 0.2) is 11.5 Å². The van der Waals surface area contributed by atoms with Crippen LogP contribution in [0.2, 0.25) is 0 Å². The van der Waals surface area contributed by atoms with E-state index in [0.717, 1.165) is 17.9 Å². The van der Waals surface area contributed by atoms with Crippen LogP contribution in [0.5, 0.6) is 11.5 Å². The second-order valence-corrected chi connectivity index (χ2v) is 4.14. The molecule has 3 nitrogen and oxygen atoms in total. The van der Waals surface area contributed by atoms with Gasteiger partial charge in [0.2, 0.25) is 0 Å². The van der Waals surface area contributed by atoms with Crippen LogP contribution in [0.25, 0.3) is 0 Å². The number of methoxy groups -OCH3 is 2. The number of hydrogen-bond donors (Lipinski definition) is 1. The summed E-state index contributed by atoms with van der Waals surface area (Å²) in [5, 5.41) is 3.35. The molecule has 1 unspecified atom stereocenters. The summed E-state index contributed by atoms with van der Waals surface area (Å²) in [6.45, 7) is 0. The molecular weight excluding hydrogens is 202 g/mol. The number of nitrogens with one attached hydrogen (secondary N) is 1. The molecule has 1 aliphatic carbocycles. The van der Waals surface area contributed by atoms with Crippen LogP contribution < -0.4 is 14.8 Å². The Kier molecular flexibility index (Phi) is 3.34. The standard InChI is InChI=1S/C13H19NO2/c1-14-11-6-4-5-9-7-12(15-2)13(16-3)8-10(9)11/h7-8,11,14H,4-6H2,1-3H3. The van der Waals surface area contributed by atoms with Crippen molar-refractivity contribution < 1.29 is 9.47 Å². The molecule has 0 aromatic heterocycles. The second kappa shape index (κ2) is 4.74. The van der Waals surface area contributed by atoms with Crippen molar-refractivity contribution in [2.75, 3.05) is 21.3 Å². The van der Waals surface area contributed by atoms with Gasteiger partial charge < -0.3 is 14.8 Å². The third kappa shape index (κ3) is 1.87. The Morgan fingerprint density at radius 2 is 1.88 bits per heavy atom. The van der Waals surface area contributed by atoms with Gasteiger partial charge in [-0.25, -0.2) is 0 Å². The van der Waals surface area contributed by atoms with Crippen molar-refractivity contribution in [2.24, 2.45) is 0 Å². The Morgan fingerprint density at radius 1 is 1.19 bits per heavy atom. The first kappa shape index (κ1) is 11.3. The molecule has 88 valence electrons. The van der Waals surface area contributed by atoms with Crippen LogP contribution >= 0.6 is 0 Å². The highest BCUT2D eigenvalue weighted by molar-refractivity contribution is 5.49. The average Bonchev–Trinajstić information content (AvgIpc) is 2.36. The van der Waals surface area contributed by atoms with Gasteiger partial charge in [-0.2, -0.15) is 0 Å². The lowest BCUT2D eigenvalue weighted by Crippen LogP contribution is -2.21. The minimum atomic E-state index is 0.448. The predicted octanol–water partition coefficient (Wildman–Crippen LogP) is 2.30. The summed E-state index contributed by atoms with van der Waals surface area (Å²) in [7, 11) is 5.38. The highest BCUT2D eigenvalue weighted by Gasteiger charge is 2.21. The van der Waals surface area contributed by atoms with E-state index in [1.54, 1.807) is 14.2 Å². The van der Waals surface area contributed by atoms with Crippen LogP contribution in [0, 0.1) is 0 Å². The van der Waals surface area contributed by atoms with Gasteiger partial charge in [0.1, 0.15) is 0 Å². The largest absolute Gasteiger partial charge is 0.493 e. The molecule has 0 radical (unpaired) electrons. The van der Waals surface area contributed by atoms with Crippen molar-refractivity contribution in [3.05, 3.63) is 23.3 Å². The van der Waals surface area contributed by atoms with Crippen LogP contribution in [0.4, 0.5) is 0 Å². The smallest absolute Gasteiger partial charge is 0.161 e. The third-order valence-electron chi connectivity index (χ3n) is 3.31. The predicted molar refractivity (Wildman–Crippen MR) is 64.3 cm³/mol. The molecular formula is C13H19NO2. The Hall–Kier alpha value is -1.22. The van der Waals surface area contributed by atoms with Crippen molar-refractivity contribution in [1.82, 2.24) is 5.32 Å². The van der Waals surface area contributed by atoms with Gasteiger partial charge in [-0.1, -0.05) is 0 Å². The summed E-state index contributed by atoms with van der Waals surface area (Å²) >= 11 is 0. The third-order valence-corrected chi connectivity index (χ3v) is 3.31. The van der Waals surface area contributed by atoms with Crippen molar-refractivity contribution in [1.29, 1.82) is 0 Å². The fourth-order valence-electron chi connectivity index (χ4n) is 2.43. The fraction of sp³-hybridized carbons (Fsp3) is 0.538. The minimum absolute atomic E-state index is 0.448. The van der Waals surface area contributed by atoms with E-state index in [2.05, 4.69) is 17.4 Å². The molecule has 1 aliphatic rings. The molecule has 0 heterocycles. The first-order valence-corrected chi connectivity index (χ1v) is 5.72. The van der Waals surface area contributed by atoms with E-state index in [4.69, 9.17) is 9.47 Å². The van der Waals surface area contributed by atoms with Crippen molar-refractivity contribution >= 4 is 0 Å². The van der Waals surface area contributed by atoms with E-state index >= 15 is 0 Å². The van der Waals surface area contributed by atoms with E-state index in [0.29, 0.717) is 6.04 Å². The molecule has 1 atom stereocenters. The molecule has 1 aromatic carbocycles. The number of ether oxygens (including phenoxy) is 2. The first-order chi connectivity index (χ1) is 7.80. The zero-order chi connectivity index (χ0) is 11.5. The highest BCUT2D eigenvalue weighted by atomic mass is 16.5. The molecule has 0 spiro atoms. The molecule has 0 bridgehead atoms. The van der Waals surface area contributed by atoms with Gasteiger partial charge in [0.05, 0.1) is 14.2 Å². The number of rotatable bonds is 3. The van der Waals surface area contributed by atoms with Crippen LogP contribution in [-0.2, 0) is 6.42 Å². The lowest BCUT2D eigenvalue weighted by molar-refractivity contribution is 0.352. The summed E-state index contributed by atoms with van der Waals surface area (Å²) in [4.78, 5) is 0. The van der Waals surface area contributed by atoms with Crippen molar-refractivity contribution in [3.63, 3.8) is 0 Å². The fourth-order valence-corrected chi connectivity index (χ4v) is 2.43. The molecule has 0 saturated heterocycles. The Balaban J connectivity index is 2.46. The van der Waals surface area contributed by atoms with Crippen LogP contribution in [0.1, 0.15) is 30.0 Å². The zero-order valence-corrected chi connectivity index (χ0v) is 10.2. The molecule has 0 amide bonds. The Morgan fingerprint density at radius 3 is 2.50 bits per heavy atom. The summed E-state index contributed by atoms with van der Waals surface area (Å²) < 4.78 is 10.7. The van der Waals surface area contributed by atoms with Gasteiger partial charge >= 0.3 is 0 Å². The van der Waals surface area contributed by atoms with Crippen LogP contribution in [0.3, 0.4) is 0 Å². The van der Waals surface area contributed by atoms with Gasteiger partial charge in [0.25, 0.3) is 0 Å². The maximum atomic E-state index is 5.34. The van der Waals surface area contributed by atoms with Crippen molar-refractivity contribution in [2.45, 2.75) is 25.3 Å². The molecule has 0 fully saturated rings. The summed E-state index contributed by atoms with van der Waals surface area (Å²) in [5.41, 5.74) is 2.73. The summed E-state index contributed by atoms with van der Waals surface area (Å²) in [6, 6.07) is 4.66. The van der Waals surface area contributed by atoms with Gasteiger partial charge in [0, 0.05) is 6.04 Å². The van der Waals surface area contributed by atoms with Gasteiger partial charge in [-0.05, 0) is 49.6 Å². The Bertz CT molecular complexity index is 376. The van der Waals surface area contributed by atoms with Gasteiger partial charge in [-0.15, -0.1) is 0 Å². The average molecular weight is 221 g/mol. The molecule has 1 N–H and O–H groups in total. The van der Waals surface area contributed by atoms with Crippen LogP contribution in [-0.4, -0.2) is 21.3 Å². The number of fused-ring (bicyclic) bond motifs is 1. The number of benzene rings is 1. The molecule has 1 aromatic rings. The van der Waals surface area contributed by atoms with Gasteiger partial charge in [-0.3, -0.25) is 0 Å². The summed E-state index contributed by atoms with van der Waals surface area (Å²) in [6.07, 6.45) is 3.56. The normalized spacial score (nSPS) is 19.1. The maximum Gasteiger partial charge on any atom is 0.161 e. The topological polar surface area (TPSA) is 30.5 Å². The van der Waals surface area contributed by atoms with Crippen LogP contribution in [0.15, 0.2) is 12.1 Å².